The second-order valence-electron chi connectivity index (χ2n) is 6.93. The van der Waals surface area contributed by atoms with Gasteiger partial charge in [-0.25, -0.2) is 4.79 Å². The minimum atomic E-state index is -1.61. The Kier molecular flexibility index (Phi) is 8.25. The van der Waals surface area contributed by atoms with Crippen molar-refractivity contribution in [2.45, 2.75) is 56.5 Å². The molecule has 6 N–H and O–H groups in total. The number of aromatic amines is 1. The van der Waals surface area contributed by atoms with Crippen molar-refractivity contribution in [3.8, 4) is 0 Å². The number of carboxylic acid groups (broad SMARTS) is 2. The van der Waals surface area contributed by atoms with E-state index < -0.39 is 54.0 Å². The Morgan fingerprint density at radius 1 is 1.10 bits per heavy atom. The fourth-order valence-electron chi connectivity index (χ4n) is 3.24. The van der Waals surface area contributed by atoms with Gasteiger partial charge in [0.2, 0.25) is 0 Å². The third-order valence-corrected chi connectivity index (χ3v) is 4.74. The number of nitrogens with one attached hydrogen (secondary N) is 1. The van der Waals surface area contributed by atoms with E-state index >= 15 is 0 Å². The van der Waals surface area contributed by atoms with Gasteiger partial charge in [0.1, 0.15) is 24.5 Å². The van der Waals surface area contributed by atoms with Crippen molar-refractivity contribution >= 4 is 11.9 Å². The molecule has 1 saturated heterocycles. The van der Waals surface area contributed by atoms with E-state index in [9.17, 15) is 34.5 Å². The number of carbonyl (C=O) groups is 2. The fraction of sp³-hybridized carbons (Fsp3) is 0.647. The third-order valence-electron chi connectivity index (χ3n) is 4.74. The zero-order chi connectivity index (χ0) is 22.4. The van der Waals surface area contributed by atoms with Crippen molar-refractivity contribution in [2.75, 3.05) is 13.1 Å². The maximum absolute atomic E-state index is 12.0. The van der Waals surface area contributed by atoms with Gasteiger partial charge < -0.3 is 30.3 Å². The van der Waals surface area contributed by atoms with Crippen LogP contribution in [-0.4, -0.2) is 89.6 Å². The Hall–Kier alpha value is -2.58. The first kappa shape index (κ1) is 23.7. The van der Waals surface area contributed by atoms with Crippen LogP contribution in [-0.2, 0) is 14.3 Å². The van der Waals surface area contributed by atoms with Crippen molar-refractivity contribution in [3.05, 3.63) is 33.1 Å². The van der Waals surface area contributed by atoms with E-state index in [0.29, 0.717) is 0 Å². The predicted molar refractivity (Wildman–Crippen MR) is 98.6 cm³/mol. The topological polar surface area (TPSA) is 203 Å². The molecule has 1 aromatic rings. The lowest BCUT2D eigenvalue weighted by Crippen LogP contribution is -2.49. The predicted octanol–water partition coefficient (Wildman–Crippen LogP) is -2.49. The van der Waals surface area contributed by atoms with E-state index in [1.165, 1.54) is 4.90 Å². The first-order valence-corrected chi connectivity index (χ1v) is 9.30. The van der Waals surface area contributed by atoms with E-state index in [1.807, 2.05) is 4.98 Å². The molecular weight excluding hydrogens is 406 g/mol. The average Bonchev–Trinajstić information content (AvgIpc) is 2.94. The first-order valence-electron chi connectivity index (χ1n) is 9.30. The van der Waals surface area contributed by atoms with Crippen molar-refractivity contribution in [2.24, 2.45) is 0 Å². The monoisotopic (exact) mass is 431 g/mol. The van der Waals surface area contributed by atoms with Gasteiger partial charge in [-0.1, -0.05) is 0 Å². The number of ether oxygens (including phenoxy) is 1. The fourth-order valence-corrected chi connectivity index (χ4v) is 3.24. The highest BCUT2D eigenvalue weighted by Gasteiger charge is 2.48. The van der Waals surface area contributed by atoms with Gasteiger partial charge in [0.25, 0.3) is 5.56 Å². The van der Waals surface area contributed by atoms with Crippen LogP contribution in [0.2, 0.25) is 0 Å². The molecule has 30 heavy (non-hydrogen) atoms. The molecule has 0 spiro atoms. The number of rotatable bonds is 11. The van der Waals surface area contributed by atoms with E-state index in [-0.39, 0.29) is 38.8 Å². The Labute approximate surface area is 169 Å². The van der Waals surface area contributed by atoms with Crippen molar-refractivity contribution in [3.63, 3.8) is 0 Å². The molecule has 0 aliphatic carbocycles. The molecular formula is C17H25N3O10. The molecule has 13 heteroatoms. The standard InChI is InChI=1S/C17H25N3O10/c21-9-5-8-20(17(29)18-9)16-13(27)12(26)14(30-16)15(28)19(6-1-3-10(22)23)7-2-4-11(24)25/h5,8,12-16,26-28H,1-4,6-7H2,(H,22,23)(H,24,25)(H,18,21,29)/t12-,13+,14-,15?,16+/m0/s1. The van der Waals surface area contributed by atoms with Crippen LogP contribution in [0.15, 0.2) is 21.9 Å². The summed E-state index contributed by atoms with van der Waals surface area (Å²) in [6.07, 6.45) is -6.49. The molecule has 1 aliphatic rings. The summed E-state index contributed by atoms with van der Waals surface area (Å²) in [6, 6.07) is 1.03. The molecule has 0 radical (unpaired) electrons. The van der Waals surface area contributed by atoms with E-state index in [0.717, 1.165) is 16.8 Å². The van der Waals surface area contributed by atoms with Crippen LogP contribution in [0.5, 0.6) is 0 Å². The minimum absolute atomic E-state index is 0.0685. The number of hydrogen-bond acceptors (Lipinski definition) is 9. The quantitative estimate of drug-likeness (QED) is 0.202. The molecule has 5 atom stereocenters. The van der Waals surface area contributed by atoms with Gasteiger partial charge in [-0.05, 0) is 12.8 Å². The van der Waals surface area contributed by atoms with Crippen molar-refractivity contribution in [1.82, 2.24) is 14.5 Å². The van der Waals surface area contributed by atoms with Crippen molar-refractivity contribution in [1.29, 1.82) is 0 Å². The number of aliphatic hydroxyl groups excluding tert-OH is 3. The Balaban J connectivity index is 2.15. The lowest BCUT2D eigenvalue weighted by molar-refractivity contribution is -0.144. The van der Waals surface area contributed by atoms with Gasteiger partial charge in [-0.15, -0.1) is 0 Å². The number of aromatic nitrogens is 2. The second-order valence-corrected chi connectivity index (χ2v) is 6.93. The van der Waals surface area contributed by atoms with Gasteiger partial charge in [0.05, 0.1) is 0 Å². The van der Waals surface area contributed by atoms with Gasteiger partial charge >= 0.3 is 17.6 Å². The highest BCUT2D eigenvalue weighted by Crippen LogP contribution is 2.31. The number of hydrogen-bond donors (Lipinski definition) is 6. The van der Waals surface area contributed by atoms with E-state index in [1.54, 1.807) is 0 Å². The number of carboxylic acids is 2. The summed E-state index contributed by atoms with van der Waals surface area (Å²) in [4.78, 5) is 48.0. The molecule has 168 valence electrons. The maximum Gasteiger partial charge on any atom is 0.330 e. The lowest BCUT2D eigenvalue weighted by Gasteiger charge is -2.32. The zero-order valence-electron chi connectivity index (χ0n) is 16.0. The molecule has 2 rings (SSSR count). The smallest absolute Gasteiger partial charge is 0.330 e. The summed E-state index contributed by atoms with van der Waals surface area (Å²) < 4.78 is 6.37. The molecule has 0 saturated carbocycles. The molecule has 2 heterocycles. The lowest BCUT2D eigenvalue weighted by atomic mass is 10.1. The van der Waals surface area contributed by atoms with E-state index in [4.69, 9.17) is 14.9 Å². The molecule has 13 nitrogen and oxygen atoms in total. The molecule has 1 aliphatic heterocycles. The molecule has 0 bridgehead atoms. The van der Waals surface area contributed by atoms with Gasteiger partial charge in [0.15, 0.2) is 6.23 Å². The van der Waals surface area contributed by atoms with Gasteiger partial charge in [-0.3, -0.25) is 28.8 Å². The third kappa shape index (κ3) is 5.96. The van der Waals surface area contributed by atoms with Crippen molar-refractivity contribution < 1.29 is 39.9 Å². The molecule has 1 unspecified atom stereocenters. The Morgan fingerprint density at radius 3 is 2.17 bits per heavy atom. The highest BCUT2D eigenvalue weighted by molar-refractivity contribution is 5.66. The molecule has 0 aromatic carbocycles. The first-order chi connectivity index (χ1) is 14.1. The largest absolute Gasteiger partial charge is 0.481 e. The normalized spacial score (nSPS) is 24.8. The summed E-state index contributed by atoms with van der Waals surface area (Å²) in [7, 11) is 0. The molecule has 1 fully saturated rings. The van der Waals surface area contributed by atoms with Crippen LogP contribution in [0.1, 0.15) is 31.9 Å². The SMILES string of the molecule is O=C(O)CCCN(CCCC(=O)O)C(O)[C@H]1O[C@@H](n2ccc(=O)[nH]c2=O)[C@H](O)[C@@H]1O. The summed E-state index contributed by atoms with van der Waals surface area (Å²) in [5.74, 6) is -2.08. The number of nitrogens with zero attached hydrogens (tertiary/aromatic N) is 2. The number of aliphatic carboxylic acids is 2. The zero-order valence-corrected chi connectivity index (χ0v) is 16.0. The summed E-state index contributed by atoms with van der Waals surface area (Å²) in [5, 5.41) is 48.9. The second kappa shape index (κ2) is 10.4. The van der Waals surface area contributed by atoms with E-state index in [2.05, 4.69) is 0 Å². The summed E-state index contributed by atoms with van der Waals surface area (Å²) in [5.41, 5.74) is -1.54. The maximum atomic E-state index is 12.0. The van der Waals surface area contributed by atoms with Crippen LogP contribution in [0, 0.1) is 0 Å². The van der Waals surface area contributed by atoms with Crippen LogP contribution < -0.4 is 11.2 Å². The van der Waals surface area contributed by atoms with Crippen LogP contribution >= 0.6 is 0 Å². The Bertz CT molecular complexity index is 833. The summed E-state index contributed by atoms with van der Waals surface area (Å²) in [6.45, 7) is 0.137. The summed E-state index contributed by atoms with van der Waals surface area (Å²) >= 11 is 0. The van der Waals surface area contributed by atoms with Gasteiger partial charge in [-0.2, -0.15) is 0 Å². The van der Waals surface area contributed by atoms with Crippen LogP contribution in [0.4, 0.5) is 0 Å². The average molecular weight is 431 g/mol. The Morgan fingerprint density at radius 2 is 1.67 bits per heavy atom. The number of aliphatic hydroxyl groups is 3. The van der Waals surface area contributed by atoms with Crippen LogP contribution in [0.25, 0.3) is 0 Å². The van der Waals surface area contributed by atoms with Crippen LogP contribution in [0.3, 0.4) is 0 Å². The van der Waals surface area contributed by atoms with Gasteiger partial charge in [0, 0.05) is 38.2 Å². The number of H-pyrrole nitrogens is 1. The molecule has 0 amide bonds. The highest BCUT2D eigenvalue weighted by atomic mass is 16.6. The molecule has 1 aromatic heterocycles. The minimum Gasteiger partial charge on any atom is -0.481 e.